The molecule has 0 aliphatic rings. The summed E-state index contributed by atoms with van der Waals surface area (Å²) in [5.74, 6) is 0.277. The lowest BCUT2D eigenvalue weighted by Gasteiger charge is -2.11. The third-order valence-corrected chi connectivity index (χ3v) is 4.16. The molecule has 1 rings (SSSR count). The van der Waals surface area contributed by atoms with E-state index in [2.05, 4.69) is 20.7 Å². The number of para-hydroxylation sites is 1. The van der Waals surface area contributed by atoms with Crippen molar-refractivity contribution in [1.82, 2.24) is 0 Å². The number of hydrogen-bond donors (Lipinski definition) is 2. The van der Waals surface area contributed by atoms with E-state index in [9.17, 15) is 13.5 Å². The Bertz CT molecular complexity index is 485. The Balaban J connectivity index is 2.80. The van der Waals surface area contributed by atoms with Gasteiger partial charge < -0.3 is 5.11 Å². The van der Waals surface area contributed by atoms with Crippen LogP contribution in [-0.4, -0.2) is 19.3 Å². The Morgan fingerprint density at radius 2 is 2.06 bits per heavy atom. The molecule has 2 N–H and O–H groups in total. The Kier molecular flexibility index (Phi) is 4.82. The minimum atomic E-state index is -3.40. The Labute approximate surface area is 110 Å². The van der Waals surface area contributed by atoms with Crippen LogP contribution < -0.4 is 4.72 Å². The topological polar surface area (TPSA) is 66.4 Å². The number of hydrogen-bond acceptors (Lipinski definition) is 3. The van der Waals surface area contributed by atoms with Gasteiger partial charge in [-0.15, -0.1) is 0 Å². The molecule has 0 saturated carbocycles. The molecule has 0 spiro atoms. The maximum absolute atomic E-state index is 11.7. The lowest BCUT2D eigenvalue weighted by molar-refractivity contribution is 0.474. The van der Waals surface area contributed by atoms with E-state index < -0.39 is 10.0 Å². The normalized spacial score (nSPS) is 11.8. The maximum Gasteiger partial charge on any atom is 0.232 e. The molecule has 6 heteroatoms. The van der Waals surface area contributed by atoms with E-state index in [4.69, 9.17) is 0 Å². The molecule has 4 nitrogen and oxygen atoms in total. The van der Waals surface area contributed by atoms with Crippen LogP contribution in [0.15, 0.2) is 22.7 Å². The predicted molar refractivity (Wildman–Crippen MR) is 72.7 cm³/mol. The van der Waals surface area contributed by atoms with Crippen molar-refractivity contribution in [2.75, 3.05) is 10.5 Å². The average molecular weight is 322 g/mol. The van der Waals surface area contributed by atoms with Crippen LogP contribution in [0.5, 0.6) is 5.75 Å². The van der Waals surface area contributed by atoms with Gasteiger partial charge >= 0.3 is 0 Å². The molecule has 0 bridgehead atoms. The Morgan fingerprint density at radius 3 is 2.65 bits per heavy atom. The van der Waals surface area contributed by atoms with Crippen molar-refractivity contribution in [1.29, 1.82) is 0 Å². The van der Waals surface area contributed by atoms with Crippen LogP contribution in [-0.2, 0) is 10.0 Å². The van der Waals surface area contributed by atoms with Gasteiger partial charge in [-0.05, 0) is 40.4 Å². The van der Waals surface area contributed by atoms with Gasteiger partial charge in [-0.2, -0.15) is 0 Å². The number of anilines is 1. The van der Waals surface area contributed by atoms with Crippen molar-refractivity contribution in [3.63, 3.8) is 0 Å². The first-order valence-electron chi connectivity index (χ1n) is 5.30. The fraction of sp³-hybridized carbons (Fsp3) is 0.455. The minimum Gasteiger partial charge on any atom is -0.505 e. The molecule has 1 aromatic carbocycles. The number of rotatable bonds is 5. The van der Waals surface area contributed by atoms with Gasteiger partial charge in [0.15, 0.2) is 5.75 Å². The fourth-order valence-corrected chi connectivity index (χ4v) is 2.96. The molecule has 0 radical (unpaired) electrons. The second-order valence-corrected chi connectivity index (χ2v) is 6.94. The van der Waals surface area contributed by atoms with E-state index in [0.29, 0.717) is 16.8 Å². The van der Waals surface area contributed by atoms with Crippen LogP contribution in [0.3, 0.4) is 0 Å². The molecule has 17 heavy (non-hydrogen) atoms. The maximum atomic E-state index is 11.7. The summed E-state index contributed by atoms with van der Waals surface area (Å²) < 4.78 is 26.3. The van der Waals surface area contributed by atoms with Crippen LogP contribution in [0.25, 0.3) is 0 Å². The summed E-state index contributed by atoms with van der Waals surface area (Å²) in [5, 5.41) is 9.66. The smallest absolute Gasteiger partial charge is 0.232 e. The van der Waals surface area contributed by atoms with Crippen LogP contribution in [0.2, 0.25) is 0 Å². The van der Waals surface area contributed by atoms with E-state index in [1.165, 1.54) is 6.07 Å². The minimum absolute atomic E-state index is 0.0522. The molecular weight excluding hydrogens is 306 g/mol. The van der Waals surface area contributed by atoms with Crippen molar-refractivity contribution < 1.29 is 13.5 Å². The zero-order valence-corrected chi connectivity index (χ0v) is 12.2. The molecule has 0 atom stereocenters. The SMILES string of the molecule is CC(C)CCS(=O)(=O)Nc1cccc(Br)c1O. The van der Waals surface area contributed by atoms with Crippen molar-refractivity contribution in [3.8, 4) is 5.75 Å². The number of phenolic OH excluding ortho intramolecular Hbond substituents is 1. The molecule has 0 heterocycles. The predicted octanol–water partition coefficient (Wildman–Crippen LogP) is 2.94. The first-order valence-corrected chi connectivity index (χ1v) is 7.74. The summed E-state index contributed by atoms with van der Waals surface area (Å²) in [6.07, 6.45) is 0.587. The van der Waals surface area contributed by atoms with Gasteiger partial charge in [-0.3, -0.25) is 4.72 Å². The third kappa shape index (κ3) is 4.55. The molecular formula is C11H16BrNO3S. The lowest BCUT2D eigenvalue weighted by atomic mass is 10.2. The van der Waals surface area contributed by atoms with E-state index >= 15 is 0 Å². The zero-order chi connectivity index (χ0) is 13.1. The summed E-state index contributed by atoms with van der Waals surface area (Å²) in [7, 11) is -3.40. The summed E-state index contributed by atoms with van der Waals surface area (Å²) in [6, 6.07) is 4.82. The van der Waals surface area contributed by atoms with Crippen LogP contribution in [0, 0.1) is 5.92 Å². The molecule has 0 unspecified atom stereocenters. The largest absolute Gasteiger partial charge is 0.505 e. The van der Waals surface area contributed by atoms with Crippen LogP contribution in [0.1, 0.15) is 20.3 Å². The first kappa shape index (κ1) is 14.3. The van der Waals surface area contributed by atoms with Gasteiger partial charge in [-0.25, -0.2) is 8.42 Å². The second-order valence-electron chi connectivity index (χ2n) is 4.24. The van der Waals surface area contributed by atoms with E-state index in [-0.39, 0.29) is 17.2 Å². The number of benzene rings is 1. The van der Waals surface area contributed by atoms with Crippen molar-refractivity contribution >= 4 is 31.6 Å². The number of sulfonamides is 1. The number of nitrogens with one attached hydrogen (secondary N) is 1. The average Bonchev–Trinajstić information content (AvgIpc) is 2.22. The van der Waals surface area contributed by atoms with Crippen molar-refractivity contribution in [2.24, 2.45) is 5.92 Å². The van der Waals surface area contributed by atoms with Gasteiger partial charge in [-0.1, -0.05) is 19.9 Å². The highest BCUT2D eigenvalue weighted by Gasteiger charge is 2.14. The zero-order valence-electron chi connectivity index (χ0n) is 9.77. The van der Waals surface area contributed by atoms with Gasteiger partial charge in [0.25, 0.3) is 0 Å². The molecule has 0 aromatic heterocycles. The summed E-state index contributed by atoms with van der Waals surface area (Å²) in [5.41, 5.74) is 0.197. The molecule has 0 aliphatic heterocycles. The van der Waals surface area contributed by atoms with Crippen molar-refractivity contribution in [3.05, 3.63) is 22.7 Å². The van der Waals surface area contributed by atoms with E-state index in [1.54, 1.807) is 12.1 Å². The van der Waals surface area contributed by atoms with Crippen molar-refractivity contribution in [2.45, 2.75) is 20.3 Å². The monoisotopic (exact) mass is 321 g/mol. The lowest BCUT2D eigenvalue weighted by Crippen LogP contribution is -2.18. The molecule has 0 saturated heterocycles. The standard InChI is InChI=1S/C11H16BrNO3S/c1-8(2)6-7-17(15,16)13-10-5-3-4-9(12)11(10)14/h3-5,8,13-14H,6-7H2,1-2H3. The molecule has 1 aromatic rings. The number of halogens is 1. The van der Waals surface area contributed by atoms with Gasteiger partial charge in [0.1, 0.15) is 0 Å². The highest BCUT2D eigenvalue weighted by molar-refractivity contribution is 9.10. The van der Waals surface area contributed by atoms with Crippen LogP contribution >= 0.6 is 15.9 Å². The number of phenols is 1. The third-order valence-electron chi connectivity index (χ3n) is 2.22. The van der Waals surface area contributed by atoms with E-state index in [0.717, 1.165) is 0 Å². The summed E-state index contributed by atoms with van der Waals surface area (Å²) in [6.45, 7) is 3.93. The Hall–Kier alpha value is -0.750. The first-order chi connectivity index (χ1) is 7.82. The van der Waals surface area contributed by atoms with Crippen LogP contribution in [0.4, 0.5) is 5.69 Å². The molecule has 0 fully saturated rings. The quantitative estimate of drug-likeness (QED) is 0.819. The molecule has 0 aliphatic carbocycles. The van der Waals surface area contributed by atoms with E-state index in [1.807, 2.05) is 13.8 Å². The van der Waals surface area contributed by atoms with Gasteiger partial charge in [0.05, 0.1) is 15.9 Å². The summed E-state index contributed by atoms with van der Waals surface area (Å²) in [4.78, 5) is 0. The highest BCUT2D eigenvalue weighted by Crippen LogP contribution is 2.32. The molecule has 96 valence electrons. The summed E-state index contributed by atoms with van der Waals surface area (Å²) >= 11 is 3.13. The number of aromatic hydroxyl groups is 1. The molecule has 0 amide bonds. The highest BCUT2D eigenvalue weighted by atomic mass is 79.9. The Morgan fingerprint density at radius 1 is 1.41 bits per heavy atom. The fourth-order valence-electron chi connectivity index (χ4n) is 1.21. The van der Waals surface area contributed by atoms with Gasteiger partial charge in [0.2, 0.25) is 10.0 Å². The second kappa shape index (κ2) is 5.73. The van der Waals surface area contributed by atoms with Gasteiger partial charge in [0, 0.05) is 0 Å².